The minimum absolute atomic E-state index is 0.00439. The monoisotopic (exact) mass is 500 g/mol. The van der Waals surface area contributed by atoms with Crippen molar-refractivity contribution in [1.82, 2.24) is 0 Å². The van der Waals surface area contributed by atoms with E-state index in [0.29, 0.717) is 0 Å². The highest BCUT2D eigenvalue weighted by Crippen LogP contribution is 2.44. The molecule has 2 atom stereocenters. The van der Waals surface area contributed by atoms with Crippen molar-refractivity contribution in [3.63, 3.8) is 0 Å². The zero-order valence-electron chi connectivity index (χ0n) is 19.3. The molecule has 0 aliphatic carbocycles. The number of carbonyl (C=O) groups is 2. The van der Waals surface area contributed by atoms with E-state index < -0.39 is 59.1 Å². The van der Waals surface area contributed by atoms with Crippen LogP contribution in [0.25, 0.3) is 0 Å². The van der Waals surface area contributed by atoms with Crippen LogP contribution in [-0.2, 0) is 39.5 Å². The van der Waals surface area contributed by atoms with E-state index in [-0.39, 0.29) is 36.8 Å². The molecule has 1 aliphatic heterocycles. The summed E-state index contributed by atoms with van der Waals surface area (Å²) >= 11 is 0. The van der Waals surface area contributed by atoms with E-state index in [9.17, 15) is 35.9 Å². The maximum absolute atomic E-state index is 13.5. The highest BCUT2D eigenvalue weighted by molar-refractivity contribution is 5.99. The third kappa shape index (κ3) is 5.87. The van der Waals surface area contributed by atoms with Crippen LogP contribution in [0.15, 0.2) is 48.5 Å². The van der Waals surface area contributed by atoms with Gasteiger partial charge in [0, 0.05) is 0 Å². The number of hydrogen-bond acceptors (Lipinski definition) is 3. The van der Waals surface area contributed by atoms with Gasteiger partial charge in [0.15, 0.2) is 5.78 Å². The molecule has 35 heavy (non-hydrogen) atoms. The third-order valence-corrected chi connectivity index (χ3v) is 6.71. The first-order chi connectivity index (χ1) is 16.3. The first kappa shape index (κ1) is 26.8. The molecule has 0 spiro atoms. The van der Waals surface area contributed by atoms with Gasteiger partial charge in [-0.15, -0.1) is 0 Å². The standard InChI is InChI=1S/C26H26F6O3/c1-16(2)24(14-13-18-8-4-6-10-20(18)26(30,31)32)21(22(33)15-23(34)35-24)12-11-17-7-3-5-9-19(17)25(27,28)29/h3-10,16,21H,11-15H2,1-2H3. The van der Waals surface area contributed by atoms with Crippen LogP contribution < -0.4 is 0 Å². The van der Waals surface area contributed by atoms with Crippen molar-refractivity contribution in [3.8, 4) is 0 Å². The molecule has 0 radical (unpaired) electrons. The maximum Gasteiger partial charge on any atom is 0.416 e. The van der Waals surface area contributed by atoms with E-state index in [1.54, 1.807) is 13.8 Å². The smallest absolute Gasteiger partial charge is 0.416 e. The predicted octanol–water partition coefficient (Wildman–Crippen LogP) is 6.82. The first-order valence-corrected chi connectivity index (χ1v) is 11.3. The van der Waals surface area contributed by atoms with Crippen molar-refractivity contribution in [1.29, 1.82) is 0 Å². The molecule has 0 saturated carbocycles. The van der Waals surface area contributed by atoms with Crippen LogP contribution in [0.5, 0.6) is 0 Å². The van der Waals surface area contributed by atoms with Gasteiger partial charge in [-0.2, -0.15) is 26.3 Å². The summed E-state index contributed by atoms with van der Waals surface area (Å²) in [4.78, 5) is 25.2. The average Bonchev–Trinajstić information content (AvgIpc) is 2.76. The largest absolute Gasteiger partial charge is 0.458 e. The average molecular weight is 500 g/mol. The topological polar surface area (TPSA) is 43.4 Å². The molecule has 3 nitrogen and oxygen atoms in total. The summed E-state index contributed by atoms with van der Waals surface area (Å²) in [6.07, 6.45) is -9.99. The minimum atomic E-state index is -4.58. The summed E-state index contributed by atoms with van der Waals surface area (Å²) < 4.78 is 86.4. The Balaban J connectivity index is 1.93. The number of Topliss-reactive ketones (excluding diaryl/α,β-unsaturated/α-hetero) is 1. The van der Waals surface area contributed by atoms with Crippen molar-refractivity contribution >= 4 is 11.8 Å². The number of rotatable bonds is 7. The van der Waals surface area contributed by atoms with Gasteiger partial charge in [0.25, 0.3) is 0 Å². The van der Waals surface area contributed by atoms with E-state index in [1.165, 1.54) is 36.4 Å². The fourth-order valence-electron chi connectivity index (χ4n) is 4.96. The van der Waals surface area contributed by atoms with Gasteiger partial charge < -0.3 is 4.74 Å². The van der Waals surface area contributed by atoms with Crippen molar-refractivity contribution in [3.05, 3.63) is 70.8 Å². The predicted molar refractivity (Wildman–Crippen MR) is 116 cm³/mol. The van der Waals surface area contributed by atoms with Crippen LogP contribution in [0, 0.1) is 11.8 Å². The van der Waals surface area contributed by atoms with Gasteiger partial charge in [-0.3, -0.25) is 9.59 Å². The zero-order valence-corrected chi connectivity index (χ0v) is 19.3. The van der Waals surface area contributed by atoms with Crippen LogP contribution in [0.2, 0.25) is 0 Å². The lowest BCUT2D eigenvalue weighted by Gasteiger charge is -2.45. The van der Waals surface area contributed by atoms with Crippen LogP contribution >= 0.6 is 0 Å². The molecule has 3 rings (SSSR count). The Labute approximate surface area is 199 Å². The Kier molecular flexibility index (Phi) is 7.67. The Morgan fingerprint density at radius 2 is 1.34 bits per heavy atom. The molecule has 9 heteroatoms. The second kappa shape index (κ2) is 10.0. The maximum atomic E-state index is 13.5. The van der Waals surface area contributed by atoms with E-state index in [0.717, 1.165) is 12.1 Å². The summed E-state index contributed by atoms with van der Waals surface area (Å²) in [5.74, 6) is -2.65. The Morgan fingerprint density at radius 1 is 0.857 bits per heavy atom. The van der Waals surface area contributed by atoms with Crippen molar-refractivity contribution < 1.29 is 40.7 Å². The lowest BCUT2D eigenvalue weighted by Crippen LogP contribution is -2.55. The summed E-state index contributed by atoms with van der Waals surface area (Å²) in [5, 5.41) is 0. The number of ketones is 1. The molecule has 0 amide bonds. The number of esters is 1. The highest BCUT2D eigenvalue weighted by Gasteiger charge is 2.52. The Bertz CT molecular complexity index is 1070. The van der Waals surface area contributed by atoms with Crippen molar-refractivity contribution in [2.24, 2.45) is 11.8 Å². The second-order valence-electron chi connectivity index (χ2n) is 9.13. The van der Waals surface area contributed by atoms with Gasteiger partial charge in [0.05, 0.1) is 17.0 Å². The second-order valence-corrected chi connectivity index (χ2v) is 9.13. The number of carbonyl (C=O) groups excluding carboxylic acids is 2. The molecule has 1 aliphatic rings. The normalized spacial score (nSPS) is 21.3. The summed E-state index contributed by atoms with van der Waals surface area (Å²) in [6.45, 7) is 3.39. The molecular weight excluding hydrogens is 474 g/mol. The van der Waals surface area contributed by atoms with Gasteiger partial charge in [0.2, 0.25) is 0 Å². The molecule has 1 saturated heterocycles. The Hall–Kier alpha value is -2.84. The van der Waals surface area contributed by atoms with Crippen LogP contribution in [0.4, 0.5) is 26.3 Å². The molecule has 1 fully saturated rings. The number of alkyl halides is 6. The van der Waals surface area contributed by atoms with E-state index in [1.807, 2.05) is 0 Å². The SMILES string of the molecule is CC(C)C1(CCc2ccccc2C(F)(F)F)OC(=O)CC(=O)C1CCc1ccccc1C(F)(F)F. The van der Waals surface area contributed by atoms with Crippen molar-refractivity contribution in [2.45, 2.75) is 63.9 Å². The highest BCUT2D eigenvalue weighted by atomic mass is 19.4. The van der Waals surface area contributed by atoms with Gasteiger partial charge in [-0.1, -0.05) is 50.2 Å². The first-order valence-electron chi connectivity index (χ1n) is 11.3. The third-order valence-electron chi connectivity index (χ3n) is 6.71. The molecule has 190 valence electrons. The molecule has 2 unspecified atom stereocenters. The van der Waals surface area contributed by atoms with Crippen LogP contribution in [-0.4, -0.2) is 17.4 Å². The fraction of sp³-hybridized carbons (Fsp3) is 0.462. The fourth-order valence-corrected chi connectivity index (χ4v) is 4.96. The van der Waals surface area contributed by atoms with Gasteiger partial charge in [-0.25, -0.2) is 0 Å². The lowest BCUT2D eigenvalue weighted by molar-refractivity contribution is -0.188. The minimum Gasteiger partial charge on any atom is -0.458 e. The Morgan fingerprint density at radius 3 is 1.83 bits per heavy atom. The molecule has 1 heterocycles. The van der Waals surface area contributed by atoms with Crippen molar-refractivity contribution in [2.75, 3.05) is 0 Å². The molecule has 0 N–H and O–H groups in total. The molecule has 2 aromatic rings. The molecule has 0 aromatic heterocycles. The van der Waals surface area contributed by atoms with E-state index in [2.05, 4.69) is 0 Å². The van der Waals surface area contributed by atoms with Crippen LogP contribution in [0.1, 0.15) is 55.4 Å². The lowest BCUT2D eigenvalue weighted by atomic mass is 9.68. The number of ether oxygens (including phenoxy) is 1. The quantitative estimate of drug-likeness (QED) is 0.238. The van der Waals surface area contributed by atoms with E-state index >= 15 is 0 Å². The number of benzene rings is 2. The number of aryl methyl sites for hydroxylation is 2. The molecule has 2 aromatic carbocycles. The number of cyclic esters (lactones) is 1. The summed E-state index contributed by atoms with van der Waals surface area (Å²) in [5.41, 5.74) is -3.06. The zero-order chi connectivity index (χ0) is 26.0. The summed E-state index contributed by atoms with van der Waals surface area (Å²) in [7, 11) is 0. The molecular formula is C26H26F6O3. The van der Waals surface area contributed by atoms with Gasteiger partial charge in [0.1, 0.15) is 12.0 Å². The van der Waals surface area contributed by atoms with Gasteiger partial charge in [-0.05, 0) is 54.9 Å². The van der Waals surface area contributed by atoms with Crippen LogP contribution in [0.3, 0.4) is 0 Å². The number of hydrogen-bond donors (Lipinski definition) is 0. The van der Waals surface area contributed by atoms with E-state index in [4.69, 9.17) is 4.74 Å². The van der Waals surface area contributed by atoms with Gasteiger partial charge >= 0.3 is 18.3 Å². The summed E-state index contributed by atoms with van der Waals surface area (Å²) in [6, 6.07) is 10.1. The number of halogens is 6. The molecule has 0 bridgehead atoms.